The van der Waals surface area contributed by atoms with Gasteiger partial charge in [0.05, 0.1) is 5.69 Å². The third kappa shape index (κ3) is 1.51. The number of nitrogens with two attached hydrogens (primary N) is 1. The van der Waals surface area contributed by atoms with E-state index in [0.717, 1.165) is 24.1 Å². The van der Waals surface area contributed by atoms with Gasteiger partial charge in [-0.25, -0.2) is 10.9 Å². The molecule has 1 heterocycles. The van der Waals surface area contributed by atoms with Gasteiger partial charge in [0.15, 0.2) is 0 Å². The maximum absolute atomic E-state index is 11.5. The molecule has 0 saturated heterocycles. The van der Waals surface area contributed by atoms with Gasteiger partial charge < -0.3 is 0 Å². The average molecular weight is 190 g/mol. The number of nitrogens with zero attached hydrogens (tertiary/aromatic N) is 1. The maximum atomic E-state index is 11.5. The molecular formula is C11H14N2O. The van der Waals surface area contributed by atoms with Crippen LogP contribution in [0.5, 0.6) is 0 Å². The molecule has 0 aromatic heterocycles. The SMILES string of the molecule is Cc1ccc2c(c1)N(N)C(=O)CCC2. The lowest BCUT2D eigenvalue weighted by Gasteiger charge is -2.17. The zero-order chi connectivity index (χ0) is 10.1. The minimum Gasteiger partial charge on any atom is -0.273 e. The highest BCUT2D eigenvalue weighted by Gasteiger charge is 2.18. The number of carbonyl (C=O) groups excluding carboxylic acids is 1. The van der Waals surface area contributed by atoms with E-state index >= 15 is 0 Å². The van der Waals surface area contributed by atoms with Crippen LogP contribution in [0.2, 0.25) is 0 Å². The first-order chi connectivity index (χ1) is 6.68. The predicted molar refractivity (Wildman–Crippen MR) is 55.8 cm³/mol. The van der Waals surface area contributed by atoms with E-state index in [2.05, 4.69) is 12.1 Å². The summed E-state index contributed by atoms with van der Waals surface area (Å²) in [5.41, 5.74) is 3.17. The maximum Gasteiger partial charge on any atom is 0.241 e. The summed E-state index contributed by atoms with van der Waals surface area (Å²) < 4.78 is 0. The fourth-order valence-electron chi connectivity index (χ4n) is 1.79. The molecule has 0 saturated carbocycles. The summed E-state index contributed by atoms with van der Waals surface area (Å²) in [6, 6.07) is 6.09. The van der Waals surface area contributed by atoms with Gasteiger partial charge in [-0.3, -0.25) is 4.79 Å². The van der Waals surface area contributed by atoms with Crippen molar-refractivity contribution in [1.29, 1.82) is 0 Å². The molecule has 2 N–H and O–H groups in total. The molecule has 1 aliphatic heterocycles. The zero-order valence-corrected chi connectivity index (χ0v) is 8.29. The molecule has 3 heteroatoms. The predicted octanol–water partition coefficient (Wildman–Crippen LogP) is 1.54. The van der Waals surface area contributed by atoms with Crippen LogP contribution in [0.15, 0.2) is 18.2 Å². The smallest absolute Gasteiger partial charge is 0.241 e. The van der Waals surface area contributed by atoms with Crippen LogP contribution in [0.1, 0.15) is 24.0 Å². The van der Waals surface area contributed by atoms with Crippen LogP contribution in [0.3, 0.4) is 0 Å². The third-order valence-electron chi connectivity index (χ3n) is 2.61. The molecule has 14 heavy (non-hydrogen) atoms. The van der Waals surface area contributed by atoms with E-state index in [0.29, 0.717) is 6.42 Å². The summed E-state index contributed by atoms with van der Waals surface area (Å²) in [5, 5.41) is 1.29. The van der Waals surface area contributed by atoms with Gasteiger partial charge in [0.1, 0.15) is 0 Å². The quantitative estimate of drug-likeness (QED) is 0.498. The number of hydrogen-bond donors (Lipinski definition) is 1. The van der Waals surface area contributed by atoms with Crippen LogP contribution in [0.4, 0.5) is 5.69 Å². The van der Waals surface area contributed by atoms with Crippen molar-refractivity contribution < 1.29 is 4.79 Å². The fraction of sp³-hybridized carbons (Fsp3) is 0.364. The molecule has 0 fully saturated rings. The summed E-state index contributed by atoms with van der Waals surface area (Å²) in [6.45, 7) is 2.00. The minimum atomic E-state index is 0.00866. The Morgan fingerprint density at radius 3 is 2.93 bits per heavy atom. The third-order valence-corrected chi connectivity index (χ3v) is 2.61. The van der Waals surface area contributed by atoms with Crippen LogP contribution in [-0.2, 0) is 11.2 Å². The van der Waals surface area contributed by atoms with Gasteiger partial charge in [-0.1, -0.05) is 12.1 Å². The summed E-state index contributed by atoms with van der Waals surface area (Å²) >= 11 is 0. The lowest BCUT2D eigenvalue weighted by atomic mass is 10.1. The summed E-state index contributed by atoms with van der Waals surface area (Å²) in [7, 11) is 0. The van der Waals surface area contributed by atoms with Crippen molar-refractivity contribution in [3.05, 3.63) is 29.3 Å². The van der Waals surface area contributed by atoms with Crippen LogP contribution < -0.4 is 10.9 Å². The van der Waals surface area contributed by atoms with E-state index < -0.39 is 0 Å². The number of fused-ring (bicyclic) bond motifs is 1. The molecule has 1 aromatic carbocycles. The molecule has 0 atom stereocenters. The van der Waals surface area contributed by atoms with Crippen molar-refractivity contribution in [2.75, 3.05) is 5.01 Å². The first-order valence-corrected chi connectivity index (χ1v) is 4.85. The summed E-state index contributed by atoms with van der Waals surface area (Å²) in [6.07, 6.45) is 2.38. The fourth-order valence-corrected chi connectivity index (χ4v) is 1.79. The van der Waals surface area contributed by atoms with E-state index in [9.17, 15) is 4.79 Å². The number of amides is 1. The second-order valence-electron chi connectivity index (χ2n) is 3.75. The first-order valence-electron chi connectivity index (χ1n) is 4.85. The van der Waals surface area contributed by atoms with E-state index in [-0.39, 0.29) is 5.91 Å². The van der Waals surface area contributed by atoms with E-state index in [1.165, 1.54) is 10.6 Å². The minimum absolute atomic E-state index is 0.00866. The molecule has 0 radical (unpaired) electrons. The number of hydrogen-bond acceptors (Lipinski definition) is 2. The Morgan fingerprint density at radius 2 is 2.14 bits per heavy atom. The van der Waals surface area contributed by atoms with Gasteiger partial charge in [-0.2, -0.15) is 0 Å². The zero-order valence-electron chi connectivity index (χ0n) is 8.29. The van der Waals surface area contributed by atoms with Crippen molar-refractivity contribution >= 4 is 11.6 Å². The van der Waals surface area contributed by atoms with Crippen molar-refractivity contribution in [3.63, 3.8) is 0 Å². The number of hydrazine groups is 1. The molecule has 0 bridgehead atoms. The number of carbonyl (C=O) groups is 1. The van der Waals surface area contributed by atoms with E-state index in [1.54, 1.807) is 0 Å². The molecule has 2 rings (SSSR count). The Labute approximate surface area is 83.5 Å². The first kappa shape index (κ1) is 9.21. The number of anilines is 1. The van der Waals surface area contributed by atoms with Crippen molar-refractivity contribution in [3.8, 4) is 0 Å². The molecule has 74 valence electrons. The van der Waals surface area contributed by atoms with Gasteiger partial charge in [-0.15, -0.1) is 0 Å². The normalized spacial score (nSPS) is 16.4. The van der Waals surface area contributed by atoms with Crippen molar-refractivity contribution in [2.45, 2.75) is 26.2 Å². The highest BCUT2D eigenvalue weighted by Crippen LogP contribution is 2.25. The summed E-state index contributed by atoms with van der Waals surface area (Å²) in [5.74, 6) is 5.75. The van der Waals surface area contributed by atoms with Gasteiger partial charge >= 0.3 is 0 Å². The monoisotopic (exact) mass is 190 g/mol. The molecule has 1 aliphatic rings. The van der Waals surface area contributed by atoms with E-state index in [4.69, 9.17) is 5.84 Å². The van der Waals surface area contributed by atoms with Crippen LogP contribution in [0.25, 0.3) is 0 Å². The Morgan fingerprint density at radius 1 is 1.36 bits per heavy atom. The summed E-state index contributed by atoms with van der Waals surface area (Å²) in [4.78, 5) is 11.5. The Kier molecular flexibility index (Phi) is 2.25. The molecular weight excluding hydrogens is 176 g/mol. The number of aryl methyl sites for hydroxylation is 2. The Balaban J connectivity index is 2.49. The second-order valence-corrected chi connectivity index (χ2v) is 3.75. The van der Waals surface area contributed by atoms with Crippen LogP contribution in [0, 0.1) is 6.92 Å². The Hall–Kier alpha value is -1.35. The van der Waals surface area contributed by atoms with Crippen LogP contribution >= 0.6 is 0 Å². The average Bonchev–Trinajstić information content (AvgIpc) is 2.30. The van der Waals surface area contributed by atoms with Crippen molar-refractivity contribution in [1.82, 2.24) is 0 Å². The largest absolute Gasteiger partial charge is 0.273 e. The standard InChI is InChI=1S/C11H14N2O/c1-8-5-6-9-3-2-4-11(14)13(12)10(9)7-8/h5-7H,2-4,12H2,1H3. The number of rotatable bonds is 0. The molecule has 3 nitrogen and oxygen atoms in total. The van der Waals surface area contributed by atoms with Gasteiger partial charge in [0.25, 0.3) is 0 Å². The molecule has 1 aromatic rings. The number of benzene rings is 1. The molecule has 0 unspecified atom stereocenters. The van der Waals surface area contributed by atoms with E-state index in [1.807, 2.05) is 13.0 Å². The Bertz CT molecular complexity index is 374. The lowest BCUT2D eigenvalue weighted by Crippen LogP contribution is -2.36. The highest BCUT2D eigenvalue weighted by molar-refractivity contribution is 5.93. The highest BCUT2D eigenvalue weighted by atomic mass is 16.2. The van der Waals surface area contributed by atoms with Crippen molar-refractivity contribution in [2.24, 2.45) is 5.84 Å². The topological polar surface area (TPSA) is 46.3 Å². The second kappa shape index (κ2) is 3.42. The lowest BCUT2D eigenvalue weighted by molar-refractivity contribution is -0.118. The van der Waals surface area contributed by atoms with Gasteiger partial charge in [-0.05, 0) is 37.0 Å². The molecule has 0 aliphatic carbocycles. The molecule has 0 spiro atoms. The van der Waals surface area contributed by atoms with Crippen LogP contribution in [-0.4, -0.2) is 5.91 Å². The van der Waals surface area contributed by atoms with Gasteiger partial charge in [0.2, 0.25) is 5.91 Å². The molecule has 1 amide bonds. The van der Waals surface area contributed by atoms with Gasteiger partial charge in [0, 0.05) is 6.42 Å².